The van der Waals surface area contributed by atoms with Crippen LogP contribution in [0.4, 0.5) is 4.39 Å². The second kappa shape index (κ2) is 9.07. The first kappa shape index (κ1) is 20.7. The van der Waals surface area contributed by atoms with Crippen molar-refractivity contribution in [3.8, 4) is 11.5 Å². The summed E-state index contributed by atoms with van der Waals surface area (Å²) in [4.78, 5) is 14.6. The fourth-order valence-electron chi connectivity index (χ4n) is 4.94. The highest BCUT2D eigenvalue weighted by Crippen LogP contribution is 2.36. The van der Waals surface area contributed by atoms with Gasteiger partial charge < -0.3 is 14.7 Å². The van der Waals surface area contributed by atoms with Crippen molar-refractivity contribution in [2.75, 3.05) is 6.54 Å². The molecule has 4 rings (SSSR count). The van der Waals surface area contributed by atoms with Crippen LogP contribution in [0.15, 0.2) is 42.5 Å². The Morgan fingerprint density at radius 1 is 1.17 bits per heavy atom. The third-order valence-corrected chi connectivity index (χ3v) is 6.52. The van der Waals surface area contributed by atoms with Gasteiger partial charge in [0.1, 0.15) is 23.4 Å². The minimum Gasteiger partial charge on any atom is -0.508 e. The normalized spacial score (nSPS) is 22.1. The maximum absolute atomic E-state index is 13.5. The molecule has 0 saturated heterocycles. The number of fused-ring (bicyclic) bond motifs is 1. The number of phenolic OH excluding ortho intramolecular Hbond substituents is 1. The fraction of sp³-hybridized carbons (Fsp3) is 0.480. The number of nitrogens with zero attached hydrogens (tertiary/aromatic N) is 1. The molecular formula is C25H30FNO3. The molecule has 0 spiro atoms. The number of phenols is 1. The number of hydrogen-bond donors (Lipinski definition) is 1. The summed E-state index contributed by atoms with van der Waals surface area (Å²) >= 11 is 0. The average Bonchev–Trinajstić information content (AvgIpc) is 3.03. The molecule has 1 atom stereocenters. The molecule has 1 aliphatic heterocycles. The summed E-state index contributed by atoms with van der Waals surface area (Å²) in [6.07, 6.45) is 6.40. The van der Waals surface area contributed by atoms with Gasteiger partial charge in [0.25, 0.3) is 5.91 Å². The van der Waals surface area contributed by atoms with Gasteiger partial charge in [-0.2, -0.15) is 0 Å². The summed E-state index contributed by atoms with van der Waals surface area (Å²) in [6.45, 7) is 3.56. The number of amides is 1. The Bertz CT molecular complexity index is 892. The lowest BCUT2D eigenvalue weighted by molar-refractivity contribution is 0.0643. The second-order valence-corrected chi connectivity index (χ2v) is 8.71. The van der Waals surface area contributed by atoms with Crippen molar-refractivity contribution in [3.05, 3.63) is 59.4 Å². The molecule has 0 bridgehead atoms. The van der Waals surface area contributed by atoms with Crippen LogP contribution in [0.3, 0.4) is 0 Å². The Morgan fingerprint density at radius 2 is 1.97 bits per heavy atom. The molecule has 2 aromatic rings. The quantitative estimate of drug-likeness (QED) is 0.651. The number of hydrogen-bond acceptors (Lipinski definition) is 3. The lowest BCUT2D eigenvalue weighted by Gasteiger charge is -2.35. The SMILES string of the molecule is CCCC(Oc1cccc(F)c1)C1CCC(CN2Cc3ccc(O)cc3C2=O)CC1. The molecule has 160 valence electrons. The summed E-state index contributed by atoms with van der Waals surface area (Å²) in [7, 11) is 0. The third-order valence-electron chi connectivity index (χ3n) is 6.52. The highest BCUT2D eigenvalue weighted by Gasteiger charge is 2.33. The number of benzene rings is 2. The van der Waals surface area contributed by atoms with Crippen LogP contribution in [0.2, 0.25) is 0 Å². The first-order valence-corrected chi connectivity index (χ1v) is 11.1. The summed E-state index contributed by atoms with van der Waals surface area (Å²) in [6, 6.07) is 11.5. The van der Waals surface area contributed by atoms with Crippen LogP contribution in [0.25, 0.3) is 0 Å². The average molecular weight is 412 g/mol. The number of aromatic hydroxyl groups is 1. The van der Waals surface area contributed by atoms with Crippen LogP contribution in [-0.2, 0) is 6.54 Å². The lowest BCUT2D eigenvalue weighted by Crippen LogP contribution is -2.35. The van der Waals surface area contributed by atoms with Crippen LogP contribution < -0.4 is 4.74 Å². The summed E-state index contributed by atoms with van der Waals surface area (Å²) < 4.78 is 19.7. The molecule has 1 saturated carbocycles. The van der Waals surface area contributed by atoms with Crippen molar-refractivity contribution in [1.29, 1.82) is 0 Å². The van der Waals surface area contributed by atoms with E-state index in [9.17, 15) is 14.3 Å². The molecule has 4 nitrogen and oxygen atoms in total. The zero-order chi connectivity index (χ0) is 21.1. The molecule has 1 amide bonds. The molecule has 0 radical (unpaired) electrons. The van der Waals surface area contributed by atoms with Crippen molar-refractivity contribution >= 4 is 5.91 Å². The zero-order valence-electron chi connectivity index (χ0n) is 17.5. The smallest absolute Gasteiger partial charge is 0.254 e. The number of halogens is 1. The van der Waals surface area contributed by atoms with E-state index < -0.39 is 0 Å². The number of carbonyl (C=O) groups is 1. The Morgan fingerprint density at radius 3 is 2.70 bits per heavy atom. The van der Waals surface area contributed by atoms with E-state index in [0.717, 1.165) is 50.6 Å². The van der Waals surface area contributed by atoms with Crippen LogP contribution in [0.5, 0.6) is 11.5 Å². The first-order valence-electron chi connectivity index (χ1n) is 11.1. The van der Waals surface area contributed by atoms with E-state index >= 15 is 0 Å². The molecule has 1 N–H and O–H groups in total. The Balaban J connectivity index is 1.32. The van der Waals surface area contributed by atoms with Gasteiger partial charge in [-0.3, -0.25) is 4.79 Å². The van der Waals surface area contributed by atoms with Crippen LogP contribution >= 0.6 is 0 Å². The van der Waals surface area contributed by atoms with Crippen molar-refractivity contribution < 1.29 is 19.0 Å². The Labute approximate surface area is 177 Å². The van der Waals surface area contributed by atoms with Gasteiger partial charge in [-0.15, -0.1) is 0 Å². The van der Waals surface area contributed by atoms with E-state index in [4.69, 9.17) is 4.74 Å². The molecule has 2 aromatic carbocycles. The van der Waals surface area contributed by atoms with Gasteiger partial charge in [-0.1, -0.05) is 25.5 Å². The predicted octanol–water partition coefficient (Wildman–Crippen LogP) is 5.54. The van der Waals surface area contributed by atoms with E-state index in [2.05, 4.69) is 6.92 Å². The molecule has 30 heavy (non-hydrogen) atoms. The van der Waals surface area contributed by atoms with Crippen LogP contribution in [0.1, 0.15) is 61.4 Å². The minimum atomic E-state index is -0.268. The molecule has 2 aliphatic rings. The highest BCUT2D eigenvalue weighted by molar-refractivity contribution is 5.98. The van der Waals surface area contributed by atoms with E-state index in [1.54, 1.807) is 18.2 Å². The third kappa shape index (κ3) is 4.61. The summed E-state index contributed by atoms with van der Waals surface area (Å²) in [5, 5.41) is 9.66. The molecule has 1 aliphatic carbocycles. The van der Waals surface area contributed by atoms with Gasteiger partial charge >= 0.3 is 0 Å². The zero-order valence-corrected chi connectivity index (χ0v) is 17.5. The highest BCUT2D eigenvalue weighted by atomic mass is 19.1. The minimum absolute atomic E-state index is 0.0290. The molecular weight excluding hydrogens is 381 g/mol. The number of ether oxygens (including phenoxy) is 1. The first-order chi connectivity index (χ1) is 14.5. The summed E-state index contributed by atoms with van der Waals surface area (Å²) in [5.41, 5.74) is 1.63. The van der Waals surface area contributed by atoms with Crippen molar-refractivity contribution in [1.82, 2.24) is 4.90 Å². The van der Waals surface area contributed by atoms with Gasteiger partial charge in [0.15, 0.2) is 0 Å². The monoisotopic (exact) mass is 411 g/mol. The number of rotatable bonds is 7. The lowest BCUT2D eigenvalue weighted by atomic mass is 9.78. The van der Waals surface area contributed by atoms with Gasteiger partial charge in [0, 0.05) is 24.7 Å². The molecule has 1 heterocycles. The van der Waals surface area contributed by atoms with Gasteiger partial charge in [0.2, 0.25) is 0 Å². The maximum Gasteiger partial charge on any atom is 0.254 e. The molecule has 0 aromatic heterocycles. The van der Waals surface area contributed by atoms with Crippen LogP contribution in [0, 0.1) is 17.7 Å². The van der Waals surface area contributed by atoms with Gasteiger partial charge in [0.05, 0.1) is 0 Å². The van der Waals surface area contributed by atoms with E-state index in [0.29, 0.717) is 29.7 Å². The Hall–Kier alpha value is -2.56. The topological polar surface area (TPSA) is 49.8 Å². The van der Waals surface area contributed by atoms with E-state index in [-0.39, 0.29) is 23.6 Å². The standard InChI is InChI=1S/C25H30FNO3/c1-2-4-24(30-22-6-3-5-20(26)13-22)18-9-7-17(8-10-18)15-27-16-19-11-12-21(28)14-23(19)25(27)29/h3,5-6,11-14,17-18,24,28H,2,4,7-10,15-16H2,1H3. The molecule has 1 fully saturated rings. The van der Waals surface area contributed by atoms with Crippen molar-refractivity contribution in [2.45, 2.75) is 58.1 Å². The number of carbonyl (C=O) groups excluding carboxylic acids is 1. The van der Waals surface area contributed by atoms with Crippen molar-refractivity contribution in [2.24, 2.45) is 11.8 Å². The maximum atomic E-state index is 13.5. The second-order valence-electron chi connectivity index (χ2n) is 8.71. The van der Waals surface area contributed by atoms with Gasteiger partial charge in [-0.25, -0.2) is 4.39 Å². The largest absolute Gasteiger partial charge is 0.508 e. The fourth-order valence-corrected chi connectivity index (χ4v) is 4.94. The van der Waals surface area contributed by atoms with Crippen molar-refractivity contribution in [3.63, 3.8) is 0 Å². The van der Waals surface area contributed by atoms with E-state index in [1.165, 1.54) is 12.1 Å². The van der Waals surface area contributed by atoms with Gasteiger partial charge in [-0.05, 0) is 73.8 Å². The molecule has 5 heteroatoms. The van der Waals surface area contributed by atoms with E-state index in [1.807, 2.05) is 17.0 Å². The Kier molecular flexibility index (Phi) is 6.26. The van der Waals surface area contributed by atoms with Crippen LogP contribution in [-0.4, -0.2) is 28.6 Å². The summed E-state index contributed by atoms with van der Waals surface area (Å²) in [5.74, 6) is 1.47. The molecule has 1 unspecified atom stereocenters. The predicted molar refractivity (Wildman–Crippen MR) is 114 cm³/mol.